The zero-order valence-electron chi connectivity index (χ0n) is 6.75. The van der Waals surface area contributed by atoms with E-state index in [1.54, 1.807) is 0 Å². The summed E-state index contributed by atoms with van der Waals surface area (Å²) in [7, 11) is 0. The molecule has 0 aliphatic carbocycles. The number of thioether (sulfide) groups is 1. The Kier molecular flexibility index (Phi) is 3.76. The second kappa shape index (κ2) is 4.63. The number of nitrogens with one attached hydrogen (secondary N) is 1. The van der Waals surface area contributed by atoms with E-state index in [0.29, 0.717) is 0 Å². The van der Waals surface area contributed by atoms with E-state index in [9.17, 15) is 0 Å². The molecule has 0 spiro atoms. The van der Waals surface area contributed by atoms with Crippen LogP contribution in [0.2, 0.25) is 0 Å². The third-order valence-electron chi connectivity index (χ3n) is 1.78. The molecule has 12 heavy (non-hydrogen) atoms. The average molecular weight is 202 g/mol. The van der Waals surface area contributed by atoms with Crippen LogP contribution in [-0.4, -0.2) is 12.3 Å². The molecule has 1 N–H and O–H groups in total. The Morgan fingerprint density at radius 3 is 3.00 bits per heavy atom. The van der Waals surface area contributed by atoms with Crippen LogP contribution in [-0.2, 0) is 0 Å². The molecule has 0 bridgehead atoms. The smallest absolute Gasteiger partial charge is 0.0478 e. The zero-order chi connectivity index (χ0) is 7.52. The minimum absolute atomic E-state index is 0. The lowest BCUT2D eigenvalue weighted by atomic mass is 10.3. The molecule has 0 unspecified atom stereocenters. The molecule has 1 aliphatic heterocycles. The standard InChI is InChI=1S/C9H11NS.ClH/c1-2-5-9-8(4-1)10-6-3-7-11-9;/h1-2,4-5,10H,3,6-7H2;1H. The Morgan fingerprint density at radius 2 is 2.08 bits per heavy atom. The fraction of sp³-hybridized carbons (Fsp3) is 0.333. The highest BCUT2D eigenvalue weighted by Crippen LogP contribution is 2.29. The Labute approximate surface area is 83.3 Å². The van der Waals surface area contributed by atoms with Gasteiger partial charge in [0, 0.05) is 17.1 Å². The van der Waals surface area contributed by atoms with Gasteiger partial charge in [-0.1, -0.05) is 12.1 Å². The quantitative estimate of drug-likeness (QED) is 0.693. The minimum atomic E-state index is 0. The van der Waals surface area contributed by atoms with Crippen LogP contribution in [0.3, 0.4) is 0 Å². The summed E-state index contributed by atoms with van der Waals surface area (Å²) >= 11 is 1.95. The van der Waals surface area contributed by atoms with Gasteiger partial charge in [0.15, 0.2) is 0 Å². The summed E-state index contributed by atoms with van der Waals surface area (Å²) < 4.78 is 0. The molecule has 3 heteroatoms. The number of hydrogen-bond donors (Lipinski definition) is 1. The van der Waals surface area contributed by atoms with Crippen molar-refractivity contribution in [2.75, 3.05) is 17.6 Å². The first-order chi connectivity index (χ1) is 5.47. The molecule has 1 aliphatic rings. The van der Waals surface area contributed by atoms with Crippen molar-refractivity contribution < 1.29 is 0 Å². The molecule has 0 aromatic heterocycles. The van der Waals surface area contributed by atoms with Gasteiger partial charge in [-0.15, -0.1) is 24.2 Å². The van der Waals surface area contributed by atoms with Crippen LogP contribution >= 0.6 is 24.2 Å². The van der Waals surface area contributed by atoms with Crippen LogP contribution < -0.4 is 5.32 Å². The fourth-order valence-corrected chi connectivity index (χ4v) is 2.19. The molecule has 0 saturated heterocycles. The molecule has 1 aromatic carbocycles. The summed E-state index contributed by atoms with van der Waals surface area (Å²) in [4.78, 5) is 1.39. The summed E-state index contributed by atoms with van der Waals surface area (Å²) in [6, 6.07) is 8.50. The van der Waals surface area contributed by atoms with Crippen molar-refractivity contribution in [2.45, 2.75) is 11.3 Å². The van der Waals surface area contributed by atoms with Crippen LogP contribution in [0.25, 0.3) is 0 Å². The highest BCUT2D eigenvalue weighted by Gasteiger charge is 2.04. The first-order valence-corrected chi connectivity index (χ1v) is 4.91. The molecular weight excluding hydrogens is 190 g/mol. The number of fused-ring (bicyclic) bond motifs is 1. The molecular formula is C9H12ClNS. The molecule has 0 atom stereocenters. The van der Waals surface area contributed by atoms with Gasteiger partial charge in [-0.25, -0.2) is 0 Å². The number of para-hydroxylation sites is 1. The molecule has 0 fully saturated rings. The average Bonchev–Trinajstić information content (AvgIpc) is 2.28. The zero-order valence-corrected chi connectivity index (χ0v) is 8.38. The van der Waals surface area contributed by atoms with Gasteiger partial charge >= 0.3 is 0 Å². The highest BCUT2D eigenvalue weighted by molar-refractivity contribution is 7.99. The van der Waals surface area contributed by atoms with Gasteiger partial charge in [-0.05, 0) is 24.3 Å². The first-order valence-electron chi connectivity index (χ1n) is 3.92. The maximum absolute atomic E-state index is 3.40. The number of rotatable bonds is 0. The lowest BCUT2D eigenvalue weighted by molar-refractivity contribution is 0.999. The van der Waals surface area contributed by atoms with Crippen molar-refractivity contribution in [3.8, 4) is 0 Å². The Bertz CT molecular complexity index is 227. The predicted octanol–water partition coefficient (Wildman–Crippen LogP) is 3.02. The van der Waals surface area contributed by atoms with E-state index >= 15 is 0 Å². The lowest BCUT2D eigenvalue weighted by Gasteiger charge is -2.04. The number of hydrogen-bond acceptors (Lipinski definition) is 2. The van der Waals surface area contributed by atoms with Gasteiger partial charge in [0.25, 0.3) is 0 Å². The Morgan fingerprint density at radius 1 is 1.25 bits per heavy atom. The monoisotopic (exact) mass is 201 g/mol. The molecule has 0 radical (unpaired) electrons. The summed E-state index contributed by atoms with van der Waals surface area (Å²) in [5.41, 5.74) is 1.30. The predicted molar refractivity (Wildman–Crippen MR) is 57.5 cm³/mol. The maximum atomic E-state index is 3.40. The van der Waals surface area contributed by atoms with Crippen molar-refractivity contribution in [2.24, 2.45) is 0 Å². The Hall–Kier alpha value is -0.340. The van der Waals surface area contributed by atoms with Crippen LogP contribution in [0.4, 0.5) is 5.69 Å². The van der Waals surface area contributed by atoms with Crippen LogP contribution in [0, 0.1) is 0 Å². The topological polar surface area (TPSA) is 12.0 Å². The van der Waals surface area contributed by atoms with Crippen LogP contribution in [0.5, 0.6) is 0 Å². The third kappa shape index (κ3) is 2.08. The van der Waals surface area contributed by atoms with E-state index in [0.717, 1.165) is 6.54 Å². The second-order valence-corrected chi connectivity index (χ2v) is 3.76. The first kappa shape index (κ1) is 9.75. The molecule has 1 heterocycles. The van der Waals surface area contributed by atoms with Gasteiger partial charge in [-0.3, -0.25) is 0 Å². The van der Waals surface area contributed by atoms with Gasteiger partial charge in [0.1, 0.15) is 0 Å². The lowest BCUT2D eigenvalue weighted by Crippen LogP contribution is -1.99. The second-order valence-electron chi connectivity index (χ2n) is 2.62. The number of benzene rings is 1. The van der Waals surface area contributed by atoms with E-state index in [-0.39, 0.29) is 12.4 Å². The van der Waals surface area contributed by atoms with Crippen molar-refractivity contribution >= 4 is 29.9 Å². The third-order valence-corrected chi connectivity index (χ3v) is 2.94. The van der Waals surface area contributed by atoms with Gasteiger partial charge in [0.05, 0.1) is 0 Å². The Balaban J connectivity index is 0.000000720. The maximum Gasteiger partial charge on any atom is 0.0478 e. The molecule has 0 saturated carbocycles. The molecule has 66 valence electrons. The SMILES string of the molecule is Cl.c1ccc2c(c1)NCCCS2. The summed E-state index contributed by atoms with van der Waals surface area (Å²) in [6.07, 6.45) is 1.26. The van der Waals surface area contributed by atoms with Crippen molar-refractivity contribution in [1.29, 1.82) is 0 Å². The molecule has 2 rings (SSSR count). The fourth-order valence-electron chi connectivity index (χ4n) is 1.22. The molecule has 1 aromatic rings. The molecule has 1 nitrogen and oxygen atoms in total. The van der Waals surface area contributed by atoms with Crippen LogP contribution in [0.1, 0.15) is 6.42 Å². The number of halogens is 1. The summed E-state index contributed by atoms with van der Waals surface area (Å²) in [5, 5.41) is 3.40. The van der Waals surface area contributed by atoms with E-state index < -0.39 is 0 Å². The van der Waals surface area contributed by atoms with E-state index in [4.69, 9.17) is 0 Å². The van der Waals surface area contributed by atoms with E-state index in [1.807, 2.05) is 11.8 Å². The van der Waals surface area contributed by atoms with E-state index in [1.165, 1.54) is 22.8 Å². The van der Waals surface area contributed by atoms with Crippen LogP contribution in [0.15, 0.2) is 29.2 Å². The van der Waals surface area contributed by atoms with Crippen molar-refractivity contribution in [3.63, 3.8) is 0 Å². The molecule has 0 amide bonds. The highest BCUT2D eigenvalue weighted by atomic mass is 35.5. The van der Waals surface area contributed by atoms with Gasteiger partial charge < -0.3 is 5.32 Å². The minimum Gasteiger partial charge on any atom is -0.384 e. The van der Waals surface area contributed by atoms with Gasteiger partial charge in [-0.2, -0.15) is 0 Å². The van der Waals surface area contributed by atoms with Crippen molar-refractivity contribution in [3.05, 3.63) is 24.3 Å². The number of anilines is 1. The van der Waals surface area contributed by atoms with Gasteiger partial charge in [0.2, 0.25) is 0 Å². The largest absolute Gasteiger partial charge is 0.384 e. The summed E-state index contributed by atoms with van der Waals surface area (Å²) in [5.74, 6) is 1.24. The van der Waals surface area contributed by atoms with E-state index in [2.05, 4.69) is 29.6 Å². The summed E-state index contributed by atoms with van der Waals surface area (Å²) in [6.45, 7) is 1.12. The van der Waals surface area contributed by atoms with Crippen molar-refractivity contribution in [1.82, 2.24) is 0 Å². The normalized spacial score (nSPS) is 15.0.